The van der Waals surface area contributed by atoms with Crippen LogP contribution in [-0.2, 0) is 0 Å². The smallest absolute Gasteiger partial charge is 0.405 e. The number of hydrogen-bond donors (Lipinski definition) is 2. The maximum atomic E-state index is 13.7. The molecule has 1 rings (SSSR count). The van der Waals surface area contributed by atoms with E-state index < -0.39 is 17.4 Å². The van der Waals surface area contributed by atoms with E-state index in [0.717, 1.165) is 0 Å². The number of halogens is 2. The van der Waals surface area contributed by atoms with E-state index in [1.165, 1.54) is 12.1 Å². The zero-order valence-corrected chi connectivity index (χ0v) is 13.3. The van der Waals surface area contributed by atoms with Gasteiger partial charge in [0.1, 0.15) is 6.61 Å². The van der Waals surface area contributed by atoms with Gasteiger partial charge in [-0.3, -0.25) is 0 Å². The molecule has 6 heteroatoms. The summed E-state index contributed by atoms with van der Waals surface area (Å²) in [6, 6.07) is 4.48. The Bertz CT molecular complexity index is 481. The normalized spacial score (nSPS) is 13.9. The standard InChI is InChI=1S/C14H19BrFNO3/c1-9(2)7-14(3,17-13(18)19)8-20-12-5-4-10(15)6-11(12)16/h4-6,9,17H,7-8H2,1-3H3,(H,18,19)/t14-/m0/s1. The molecule has 1 amide bonds. The molecule has 0 aliphatic carbocycles. The average Bonchev–Trinajstić information content (AvgIpc) is 2.25. The molecule has 0 aromatic heterocycles. The second-order valence-electron chi connectivity index (χ2n) is 5.45. The Morgan fingerprint density at radius 1 is 1.55 bits per heavy atom. The topological polar surface area (TPSA) is 58.6 Å². The lowest BCUT2D eigenvalue weighted by atomic mass is 9.91. The Balaban J connectivity index is 2.77. The van der Waals surface area contributed by atoms with Gasteiger partial charge in [-0.1, -0.05) is 29.8 Å². The molecule has 1 aromatic rings. The van der Waals surface area contributed by atoms with Crippen LogP contribution in [0.1, 0.15) is 27.2 Å². The maximum Gasteiger partial charge on any atom is 0.405 e. The molecule has 0 aliphatic rings. The predicted octanol–water partition coefficient (Wildman–Crippen LogP) is 4.04. The molecule has 0 unspecified atom stereocenters. The van der Waals surface area contributed by atoms with Gasteiger partial charge in [0.25, 0.3) is 0 Å². The summed E-state index contributed by atoms with van der Waals surface area (Å²) in [5.74, 6) is -0.0952. The molecule has 0 fully saturated rings. The summed E-state index contributed by atoms with van der Waals surface area (Å²) >= 11 is 3.17. The summed E-state index contributed by atoms with van der Waals surface area (Å²) in [4.78, 5) is 10.9. The van der Waals surface area contributed by atoms with Crippen LogP contribution in [0, 0.1) is 11.7 Å². The summed E-state index contributed by atoms with van der Waals surface area (Å²) in [6.45, 7) is 5.79. The average molecular weight is 348 g/mol. The van der Waals surface area contributed by atoms with Crippen molar-refractivity contribution in [2.45, 2.75) is 32.7 Å². The monoisotopic (exact) mass is 347 g/mol. The van der Waals surface area contributed by atoms with Crippen molar-refractivity contribution in [2.24, 2.45) is 5.92 Å². The minimum Gasteiger partial charge on any atom is -0.488 e. The Labute approximate surface area is 126 Å². The molecule has 0 spiro atoms. The van der Waals surface area contributed by atoms with Crippen LogP contribution in [0.15, 0.2) is 22.7 Å². The highest BCUT2D eigenvalue weighted by Gasteiger charge is 2.28. The minimum absolute atomic E-state index is 0.0655. The molecular weight excluding hydrogens is 329 g/mol. The van der Waals surface area contributed by atoms with Crippen molar-refractivity contribution in [2.75, 3.05) is 6.61 Å². The first-order chi connectivity index (χ1) is 9.22. The van der Waals surface area contributed by atoms with Gasteiger partial charge >= 0.3 is 6.09 Å². The molecule has 2 N–H and O–H groups in total. The first-order valence-corrected chi connectivity index (χ1v) is 7.10. The van der Waals surface area contributed by atoms with Gasteiger partial charge in [0.15, 0.2) is 11.6 Å². The van der Waals surface area contributed by atoms with Crippen molar-refractivity contribution in [3.63, 3.8) is 0 Å². The highest BCUT2D eigenvalue weighted by molar-refractivity contribution is 9.10. The number of nitrogens with one attached hydrogen (secondary N) is 1. The molecule has 20 heavy (non-hydrogen) atoms. The molecule has 0 heterocycles. The first kappa shape index (κ1) is 16.8. The number of carbonyl (C=O) groups is 1. The Kier molecular flexibility index (Phi) is 5.80. The van der Waals surface area contributed by atoms with Crippen molar-refractivity contribution < 1.29 is 19.0 Å². The zero-order valence-electron chi connectivity index (χ0n) is 11.7. The van der Waals surface area contributed by atoms with Crippen LogP contribution in [0.5, 0.6) is 5.75 Å². The highest BCUT2D eigenvalue weighted by atomic mass is 79.9. The van der Waals surface area contributed by atoms with E-state index in [1.807, 2.05) is 13.8 Å². The number of rotatable bonds is 6. The van der Waals surface area contributed by atoms with E-state index in [1.54, 1.807) is 13.0 Å². The van der Waals surface area contributed by atoms with Crippen molar-refractivity contribution in [1.29, 1.82) is 0 Å². The van der Waals surface area contributed by atoms with Crippen LogP contribution in [0.25, 0.3) is 0 Å². The summed E-state index contributed by atoms with van der Waals surface area (Å²) in [7, 11) is 0. The molecular formula is C14H19BrFNO3. The molecule has 0 aliphatic heterocycles. The third kappa shape index (κ3) is 5.36. The van der Waals surface area contributed by atoms with Gasteiger partial charge in [0.05, 0.1) is 5.54 Å². The highest BCUT2D eigenvalue weighted by Crippen LogP contribution is 2.24. The van der Waals surface area contributed by atoms with E-state index in [-0.39, 0.29) is 18.3 Å². The molecule has 0 bridgehead atoms. The lowest BCUT2D eigenvalue weighted by Crippen LogP contribution is -2.50. The third-order valence-electron chi connectivity index (χ3n) is 2.71. The molecule has 0 saturated heterocycles. The van der Waals surface area contributed by atoms with Gasteiger partial charge in [-0.2, -0.15) is 0 Å². The summed E-state index contributed by atoms with van der Waals surface area (Å²) < 4.78 is 19.7. The third-order valence-corrected chi connectivity index (χ3v) is 3.20. The van der Waals surface area contributed by atoms with E-state index in [0.29, 0.717) is 10.9 Å². The number of ether oxygens (including phenoxy) is 1. The lowest BCUT2D eigenvalue weighted by Gasteiger charge is -2.31. The van der Waals surface area contributed by atoms with Crippen LogP contribution in [0.3, 0.4) is 0 Å². The SMILES string of the molecule is CC(C)C[C@@](C)(COc1ccc(Br)cc1F)NC(=O)O. The summed E-state index contributed by atoms with van der Waals surface area (Å²) in [6.07, 6.45) is -0.523. The lowest BCUT2D eigenvalue weighted by molar-refractivity contribution is 0.141. The van der Waals surface area contributed by atoms with Crippen molar-refractivity contribution >= 4 is 22.0 Å². The fraction of sp³-hybridized carbons (Fsp3) is 0.500. The Morgan fingerprint density at radius 2 is 2.20 bits per heavy atom. The molecule has 4 nitrogen and oxygen atoms in total. The fourth-order valence-corrected chi connectivity index (χ4v) is 2.47. The first-order valence-electron chi connectivity index (χ1n) is 6.31. The van der Waals surface area contributed by atoms with Crippen molar-refractivity contribution in [3.05, 3.63) is 28.5 Å². The van der Waals surface area contributed by atoms with Crippen LogP contribution in [-0.4, -0.2) is 23.3 Å². The van der Waals surface area contributed by atoms with Gasteiger partial charge in [-0.15, -0.1) is 0 Å². The Morgan fingerprint density at radius 3 is 2.70 bits per heavy atom. The molecule has 0 saturated carbocycles. The van der Waals surface area contributed by atoms with Crippen LogP contribution < -0.4 is 10.1 Å². The summed E-state index contributed by atoms with van der Waals surface area (Å²) in [5, 5.41) is 11.4. The van der Waals surface area contributed by atoms with E-state index in [4.69, 9.17) is 9.84 Å². The predicted molar refractivity (Wildman–Crippen MR) is 78.6 cm³/mol. The van der Waals surface area contributed by atoms with Gasteiger partial charge in [0, 0.05) is 4.47 Å². The second kappa shape index (κ2) is 6.92. The van der Waals surface area contributed by atoms with Crippen LogP contribution >= 0.6 is 15.9 Å². The molecule has 0 radical (unpaired) electrons. The van der Waals surface area contributed by atoms with E-state index >= 15 is 0 Å². The maximum absolute atomic E-state index is 13.7. The fourth-order valence-electron chi connectivity index (χ4n) is 2.13. The van der Waals surface area contributed by atoms with E-state index in [9.17, 15) is 9.18 Å². The second-order valence-corrected chi connectivity index (χ2v) is 6.37. The van der Waals surface area contributed by atoms with Crippen LogP contribution in [0.4, 0.5) is 9.18 Å². The Hall–Kier alpha value is -1.30. The molecule has 1 atom stereocenters. The molecule has 1 aromatic carbocycles. The largest absolute Gasteiger partial charge is 0.488 e. The van der Waals surface area contributed by atoms with Crippen molar-refractivity contribution in [1.82, 2.24) is 5.32 Å². The number of amides is 1. The zero-order chi connectivity index (χ0) is 15.3. The number of hydrogen-bond acceptors (Lipinski definition) is 2. The van der Waals surface area contributed by atoms with Gasteiger partial charge < -0.3 is 15.2 Å². The van der Waals surface area contributed by atoms with E-state index in [2.05, 4.69) is 21.2 Å². The number of carboxylic acid groups (broad SMARTS) is 1. The summed E-state index contributed by atoms with van der Waals surface area (Å²) in [5.41, 5.74) is -0.764. The quantitative estimate of drug-likeness (QED) is 0.816. The van der Waals surface area contributed by atoms with Gasteiger partial charge in [-0.05, 0) is 37.5 Å². The van der Waals surface area contributed by atoms with Crippen LogP contribution in [0.2, 0.25) is 0 Å². The van der Waals surface area contributed by atoms with Crippen molar-refractivity contribution in [3.8, 4) is 5.75 Å². The minimum atomic E-state index is -1.12. The van der Waals surface area contributed by atoms with Gasteiger partial charge in [0.2, 0.25) is 0 Å². The number of benzene rings is 1. The molecule has 112 valence electrons. The van der Waals surface area contributed by atoms with Gasteiger partial charge in [-0.25, -0.2) is 9.18 Å².